The minimum atomic E-state index is 0.183. The zero-order valence-corrected chi connectivity index (χ0v) is 16.6. The molecular formula is C27H26O2. The molecule has 29 heavy (non-hydrogen) atoms. The van der Waals surface area contributed by atoms with Crippen LogP contribution in [0.15, 0.2) is 78.9 Å². The highest BCUT2D eigenvalue weighted by molar-refractivity contribution is 5.96. The molecular weight excluding hydrogens is 356 g/mol. The van der Waals surface area contributed by atoms with Crippen molar-refractivity contribution in [1.82, 2.24) is 0 Å². The van der Waals surface area contributed by atoms with Crippen LogP contribution >= 0.6 is 0 Å². The number of fused-ring (bicyclic) bond motifs is 3. The Morgan fingerprint density at radius 3 is 2.48 bits per heavy atom. The van der Waals surface area contributed by atoms with Gasteiger partial charge in [-0.25, -0.2) is 0 Å². The van der Waals surface area contributed by atoms with Crippen molar-refractivity contribution in [1.29, 1.82) is 0 Å². The second-order valence-corrected chi connectivity index (χ2v) is 8.48. The largest absolute Gasteiger partial charge is 0.493 e. The summed E-state index contributed by atoms with van der Waals surface area (Å²) in [6.45, 7) is 0.779. The van der Waals surface area contributed by atoms with Gasteiger partial charge < -0.3 is 4.74 Å². The smallest absolute Gasteiger partial charge is 0.163 e. The van der Waals surface area contributed by atoms with Crippen LogP contribution in [-0.2, 0) is 6.42 Å². The summed E-state index contributed by atoms with van der Waals surface area (Å²) in [5, 5.41) is 2.46. The molecule has 1 fully saturated rings. The molecule has 146 valence electrons. The highest BCUT2D eigenvalue weighted by Gasteiger charge is 2.35. The molecule has 0 spiro atoms. The maximum atomic E-state index is 12.6. The highest BCUT2D eigenvalue weighted by atomic mass is 16.5. The van der Waals surface area contributed by atoms with Gasteiger partial charge in [-0.15, -0.1) is 0 Å². The van der Waals surface area contributed by atoms with Crippen molar-refractivity contribution in [3.05, 3.63) is 90.0 Å². The van der Waals surface area contributed by atoms with Crippen LogP contribution in [-0.4, -0.2) is 12.4 Å². The molecule has 0 radical (unpaired) electrons. The Labute approximate surface area is 172 Å². The Hall–Kier alpha value is -2.87. The Balaban J connectivity index is 1.15. The normalized spacial score (nSPS) is 22.3. The van der Waals surface area contributed by atoms with Crippen LogP contribution in [0.1, 0.15) is 35.2 Å². The molecule has 0 saturated heterocycles. The predicted molar refractivity (Wildman–Crippen MR) is 117 cm³/mol. The van der Waals surface area contributed by atoms with Crippen molar-refractivity contribution in [3.63, 3.8) is 0 Å². The number of carbonyl (C=O) groups is 1. The van der Waals surface area contributed by atoms with Gasteiger partial charge in [-0.3, -0.25) is 4.79 Å². The van der Waals surface area contributed by atoms with Crippen LogP contribution in [0.4, 0.5) is 0 Å². The number of Topliss-reactive ketones (excluding diaryl/α,β-unsaturated/α-hetero) is 1. The maximum absolute atomic E-state index is 12.6. The third kappa shape index (κ3) is 3.98. The summed E-state index contributed by atoms with van der Waals surface area (Å²) < 4.78 is 6.00. The average molecular weight is 383 g/mol. The maximum Gasteiger partial charge on any atom is 0.163 e. The molecule has 2 nitrogen and oxygen atoms in total. The second kappa shape index (κ2) is 7.87. The van der Waals surface area contributed by atoms with Gasteiger partial charge in [0.25, 0.3) is 0 Å². The van der Waals surface area contributed by atoms with Gasteiger partial charge in [0.15, 0.2) is 5.78 Å². The lowest BCUT2D eigenvalue weighted by Crippen LogP contribution is -2.16. The molecule has 0 heterocycles. The standard InChI is InChI=1S/C27H26O2/c28-27(14-7-19-5-8-21-3-1-2-4-23(21)15-19)22-10-12-26(13-11-22)29-18-25-17-20-6-9-24(25)16-20/h1-6,8-13,15,20,24-25H,7,14,16-18H2. The van der Waals surface area contributed by atoms with E-state index >= 15 is 0 Å². The number of rotatable bonds is 7. The summed E-state index contributed by atoms with van der Waals surface area (Å²) in [5.41, 5.74) is 1.97. The SMILES string of the molecule is O=C(CCc1ccc2ccccc2c1)c1ccc(OCC2CC3C=CC2C3)cc1. The van der Waals surface area contributed by atoms with E-state index in [0.29, 0.717) is 18.3 Å². The van der Waals surface area contributed by atoms with Gasteiger partial charge >= 0.3 is 0 Å². The molecule has 5 rings (SSSR count). The van der Waals surface area contributed by atoms with Crippen molar-refractivity contribution < 1.29 is 9.53 Å². The van der Waals surface area contributed by atoms with Gasteiger partial charge in [-0.05, 0) is 77.6 Å². The number of hydrogen-bond acceptors (Lipinski definition) is 2. The fourth-order valence-corrected chi connectivity index (χ4v) is 4.82. The molecule has 1 saturated carbocycles. The predicted octanol–water partition coefficient (Wildman–Crippen LogP) is 6.25. The molecule has 2 heteroatoms. The molecule has 0 aromatic heterocycles. The lowest BCUT2D eigenvalue weighted by molar-refractivity contribution is 0.0983. The molecule has 2 aliphatic rings. The van der Waals surface area contributed by atoms with Gasteiger partial charge in [-0.2, -0.15) is 0 Å². The van der Waals surface area contributed by atoms with Crippen LogP contribution in [0.5, 0.6) is 5.75 Å². The Morgan fingerprint density at radius 1 is 0.897 bits per heavy atom. The van der Waals surface area contributed by atoms with Crippen LogP contribution in [0.2, 0.25) is 0 Å². The van der Waals surface area contributed by atoms with E-state index in [1.807, 2.05) is 30.3 Å². The topological polar surface area (TPSA) is 26.3 Å². The lowest BCUT2D eigenvalue weighted by atomic mass is 9.95. The summed E-state index contributed by atoms with van der Waals surface area (Å²) in [7, 11) is 0. The van der Waals surface area contributed by atoms with Crippen LogP contribution in [0.25, 0.3) is 10.8 Å². The van der Waals surface area contributed by atoms with Gasteiger partial charge in [-0.1, -0.05) is 54.6 Å². The van der Waals surface area contributed by atoms with Crippen molar-refractivity contribution in [2.75, 3.05) is 6.61 Å². The van der Waals surface area contributed by atoms with Gasteiger partial charge in [0.05, 0.1) is 6.61 Å². The van der Waals surface area contributed by atoms with E-state index in [1.165, 1.54) is 29.2 Å². The van der Waals surface area contributed by atoms with Crippen molar-refractivity contribution in [3.8, 4) is 5.75 Å². The minimum absolute atomic E-state index is 0.183. The molecule has 2 aliphatic carbocycles. The van der Waals surface area contributed by atoms with E-state index < -0.39 is 0 Å². The first-order chi connectivity index (χ1) is 14.2. The van der Waals surface area contributed by atoms with Crippen LogP contribution in [0.3, 0.4) is 0 Å². The number of benzene rings is 3. The van der Waals surface area contributed by atoms with E-state index in [0.717, 1.165) is 30.3 Å². The highest BCUT2D eigenvalue weighted by Crippen LogP contribution is 2.43. The Kier molecular flexibility index (Phi) is 4.93. The first kappa shape index (κ1) is 18.2. The number of allylic oxidation sites excluding steroid dienone is 2. The zero-order valence-electron chi connectivity index (χ0n) is 16.6. The number of ether oxygens (including phenoxy) is 1. The first-order valence-electron chi connectivity index (χ1n) is 10.7. The third-order valence-corrected chi connectivity index (χ3v) is 6.51. The molecule has 3 aromatic rings. The monoisotopic (exact) mass is 382 g/mol. The molecule has 0 N–H and O–H groups in total. The second-order valence-electron chi connectivity index (χ2n) is 8.48. The van der Waals surface area contributed by atoms with E-state index in [1.54, 1.807) is 0 Å². The Bertz CT molecular complexity index is 1050. The summed E-state index contributed by atoms with van der Waals surface area (Å²) >= 11 is 0. The van der Waals surface area contributed by atoms with E-state index in [-0.39, 0.29) is 5.78 Å². The number of aryl methyl sites for hydroxylation is 1. The Morgan fingerprint density at radius 2 is 1.72 bits per heavy atom. The summed E-state index contributed by atoms with van der Waals surface area (Å²) in [6, 6.07) is 22.4. The number of carbonyl (C=O) groups excluding carboxylic acids is 1. The van der Waals surface area contributed by atoms with Gasteiger partial charge in [0.2, 0.25) is 0 Å². The van der Waals surface area contributed by atoms with E-state index in [4.69, 9.17) is 4.74 Å². The van der Waals surface area contributed by atoms with Crippen molar-refractivity contribution in [2.24, 2.45) is 17.8 Å². The van der Waals surface area contributed by atoms with Gasteiger partial charge in [0, 0.05) is 12.0 Å². The molecule has 3 aromatic carbocycles. The zero-order chi connectivity index (χ0) is 19.6. The van der Waals surface area contributed by atoms with Gasteiger partial charge in [0.1, 0.15) is 5.75 Å². The first-order valence-corrected chi connectivity index (χ1v) is 10.7. The summed E-state index contributed by atoms with van der Waals surface area (Å²) in [6.07, 6.45) is 8.57. The summed E-state index contributed by atoms with van der Waals surface area (Å²) in [4.78, 5) is 12.6. The number of ketones is 1. The average Bonchev–Trinajstić information content (AvgIpc) is 3.40. The van der Waals surface area contributed by atoms with Crippen molar-refractivity contribution in [2.45, 2.75) is 25.7 Å². The minimum Gasteiger partial charge on any atom is -0.493 e. The van der Waals surface area contributed by atoms with E-state index in [2.05, 4.69) is 48.6 Å². The van der Waals surface area contributed by atoms with Crippen LogP contribution < -0.4 is 4.74 Å². The molecule has 2 bridgehead atoms. The fourth-order valence-electron chi connectivity index (χ4n) is 4.82. The third-order valence-electron chi connectivity index (χ3n) is 6.51. The lowest BCUT2D eigenvalue weighted by Gasteiger charge is -2.18. The van der Waals surface area contributed by atoms with Crippen molar-refractivity contribution >= 4 is 16.6 Å². The molecule has 0 aliphatic heterocycles. The quantitative estimate of drug-likeness (QED) is 0.357. The summed E-state index contributed by atoms with van der Waals surface area (Å²) in [5.74, 6) is 3.17. The molecule has 3 unspecified atom stereocenters. The molecule has 0 amide bonds. The fraction of sp³-hybridized carbons (Fsp3) is 0.296. The number of hydrogen-bond donors (Lipinski definition) is 0. The van der Waals surface area contributed by atoms with Crippen LogP contribution in [0, 0.1) is 17.8 Å². The van der Waals surface area contributed by atoms with E-state index in [9.17, 15) is 4.79 Å². The molecule has 3 atom stereocenters.